The SMILES string of the molecule is [2H]C1(c2ccc3c(oc4nc5ccccc5n43)c2-c2ncc(-c3cc(-c4ccccc4)c(-c4ccccc4)c(-c4ccccc4)c3-c3ccccc3)cn2)CCCC1. The van der Waals surface area contributed by atoms with E-state index in [0.717, 1.165) is 103 Å². The van der Waals surface area contributed by atoms with Gasteiger partial charge in [0.2, 0.25) is 0 Å². The van der Waals surface area contributed by atoms with Crippen LogP contribution in [0.5, 0.6) is 0 Å². The third-order valence-electron chi connectivity index (χ3n) is 11.5. The van der Waals surface area contributed by atoms with Crippen molar-refractivity contribution in [2.75, 3.05) is 0 Å². The maximum absolute atomic E-state index is 9.70. The summed E-state index contributed by atoms with van der Waals surface area (Å²) < 4.78 is 18.4. The first-order valence-corrected chi connectivity index (χ1v) is 19.7. The van der Waals surface area contributed by atoms with Crippen LogP contribution >= 0.6 is 0 Å². The van der Waals surface area contributed by atoms with Crippen LogP contribution < -0.4 is 0 Å². The molecule has 1 aliphatic rings. The molecule has 0 radical (unpaired) electrons. The quantitative estimate of drug-likeness (QED) is 0.164. The summed E-state index contributed by atoms with van der Waals surface area (Å²) in [6.45, 7) is 0. The molecular formula is C52H38N4O. The van der Waals surface area contributed by atoms with E-state index in [-0.39, 0.29) is 0 Å². The van der Waals surface area contributed by atoms with E-state index in [4.69, 9.17) is 19.4 Å². The Labute approximate surface area is 332 Å². The van der Waals surface area contributed by atoms with Crippen molar-refractivity contribution < 1.29 is 5.79 Å². The Balaban J connectivity index is 1.18. The number of aromatic nitrogens is 4. The van der Waals surface area contributed by atoms with Gasteiger partial charge in [-0.05, 0) is 98.6 Å². The second-order valence-corrected chi connectivity index (χ2v) is 14.8. The molecule has 0 bridgehead atoms. The fourth-order valence-corrected chi connectivity index (χ4v) is 8.89. The highest BCUT2D eigenvalue weighted by molar-refractivity contribution is 6.07. The van der Waals surface area contributed by atoms with E-state index in [9.17, 15) is 1.37 Å². The summed E-state index contributed by atoms with van der Waals surface area (Å²) in [6, 6.07) is 57.3. The Kier molecular flexibility index (Phi) is 7.83. The van der Waals surface area contributed by atoms with E-state index < -0.39 is 5.89 Å². The largest absolute Gasteiger partial charge is 0.422 e. The molecule has 0 amide bonds. The molecule has 0 spiro atoms. The third-order valence-corrected chi connectivity index (χ3v) is 11.5. The Morgan fingerprint density at radius 2 is 1.04 bits per heavy atom. The Hall–Kier alpha value is -7.11. The first-order valence-electron chi connectivity index (χ1n) is 20.2. The summed E-state index contributed by atoms with van der Waals surface area (Å²) >= 11 is 0. The minimum atomic E-state index is -0.759. The van der Waals surface area contributed by atoms with Crippen LogP contribution in [0.4, 0.5) is 0 Å². The van der Waals surface area contributed by atoms with Gasteiger partial charge in [-0.1, -0.05) is 152 Å². The summed E-state index contributed by atoms with van der Waals surface area (Å²) in [5.41, 5.74) is 16.1. The average molecular weight is 736 g/mol. The molecule has 3 heterocycles. The normalized spacial score (nSPS) is 14.1. The van der Waals surface area contributed by atoms with E-state index in [0.29, 0.717) is 17.3 Å². The lowest BCUT2D eigenvalue weighted by atomic mass is 9.79. The molecule has 272 valence electrons. The zero-order chi connectivity index (χ0) is 38.6. The van der Waals surface area contributed by atoms with Gasteiger partial charge in [-0.3, -0.25) is 4.40 Å². The molecule has 11 rings (SSSR count). The molecule has 57 heavy (non-hydrogen) atoms. The lowest BCUT2D eigenvalue weighted by Crippen LogP contribution is -2.01. The molecule has 5 heteroatoms. The molecule has 0 unspecified atom stereocenters. The Bertz CT molecular complexity index is 3100. The summed E-state index contributed by atoms with van der Waals surface area (Å²) in [4.78, 5) is 15.2. The van der Waals surface area contributed by atoms with Gasteiger partial charge in [0.05, 0.1) is 22.1 Å². The van der Waals surface area contributed by atoms with Gasteiger partial charge < -0.3 is 4.42 Å². The van der Waals surface area contributed by atoms with E-state index in [2.05, 4.69) is 150 Å². The van der Waals surface area contributed by atoms with Crippen molar-refractivity contribution in [3.63, 3.8) is 0 Å². The number of oxazole rings is 1. The highest BCUT2D eigenvalue weighted by atomic mass is 16.4. The van der Waals surface area contributed by atoms with Crippen molar-refractivity contribution in [1.29, 1.82) is 0 Å². The van der Waals surface area contributed by atoms with Gasteiger partial charge in [0.25, 0.3) is 0 Å². The fraction of sp³-hybridized carbons (Fsp3) is 0.0962. The topological polar surface area (TPSA) is 56.2 Å². The van der Waals surface area contributed by atoms with Crippen LogP contribution in [0.3, 0.4) is 0 Å². The molecule has 0 atom stereocenters. The Morgan fingerprint density at radius 3 is 1.65 bits per heavy atom. The van der Waals surface area contributed by atoms with Gasteiger partial charge in [-0.25, -0.2) is 9.97 Å². The summed E-state index contributed by atoms with van der Waals surface area (Å²) in [5.74, 6) is 0.299. The van der Waals surface area contributed by atoms with Crippen molar-refractivity contribution in [3.8, 4) is 67.0 Å². The number of fused-ring (bicyclic) bond motifs is 5. The molecule has 0 saturated heterocycles. The molecule has 5 nitrogen and oxygen atoms in total. The van der Waals surface area contributed by atoms with Gasteiger partial charge in [0, 0.05) is 19.3 Å². The monoisotopic (exact) mass is 735 g/mol. The lowest BCUT2D eigenvalue weighted by Gasteiger charge is -2.24. The van der Waals surface area contributed by atoms with Gasteiger partial charge in [-0.2, -0.15) is 4.98 Å². The lowest BCUT2D eigenvalue weighted by molar-refractivity contribution is 0.641. The van der Waals surface area contributed by atoms with Crippen molar-refractivity contribution in [1.82, 2.24) is 19.4 Å². The predicted molar refractivity (Wildman–Crippen MR) is 232 cm³/mol. The zero-order valence-electron chi connectivity index (χ0n) is 32.3. The maximum atomic E-state index is 9.70. The third kappa shape index (κ3) is 5.65. The fourth-order valence-electron chi connectivity index (χ4n) is 8.89. The maximum Gasteiger partial charge on any atom is 0.307 e. The van der Waals surface area contributed by atoms with Gasteiger partial charge >= 0.3 is 5.84 Å². The van der Waals surface area contributed by atoms with Crippen LogP contribution in [0.25, 0.3) is 95.0 Å². The Morgan fingerprint density at radius 1 is 0.509 bits per heavy atom. The second-order valence-electron chi connectivity index (χ2n) is 14.8. The first kappa shape index (κ1) is 32.2. The number of para-hydroxylation sites is 2. The van der Waals surface area contributed by atoms with E-state index in [1.54, 1.807) is 0 Å². The summed E-state index contributed by atoms with van der Waals surface area (Å²) in [5, 5.41) is 0. The second kappa shape index (κ2) is 13.9. The molecule has 0 aliphatic heterocycles. The van der Waals surface area contributed by atoms with Crippen molar-refractivity contribution in [2.24, 2.45) is 0 Å². The van der Waals surface area contributed by atoms with Crippen molar-refractivity contribution >= 4 is 28.0 Å². The van der Waals surface area contributed by atoms with Crippen LogP contribution in [0.15, 0.2) is 181 Å². The molecule has 7 aromatic carbocycles. The number of rotatable bonds is 7. The predicted octanol–water partition coefficient (Wildman–Crippen LogP) is 13.7. The van der Waals surface area contributed by atoms with Gasteiger partial charge in [-0.15, -0.1) is 0 Å². The van der Waals surface area contributed by atoms with E-state index in [1.165, 1.54) is 5.56 Å². The standard InChI is InChI=1S/C52H38N4O/c1-5-17-35(18-6-1)41-31-42(47(37-23-9-3-10-24-37)48(38-25-11-4-12-26-38)46(41)36-21-7-2-8-22-36)39-32-53-51(54-33-39)49-40(34-19-13-14-20-34)29-30-45-50(49)57-52-55-43-27-15-16-28-44(43)56(45)52/h1-12,15-18,21-34H,13-14,19-20H2/i34D. The van der Waals surface area contributed by atoms with Crippen molar-refractivity contribution in [2.45, 2.75) is 31.6 Å². The van der Waals surface area contributed by atoms with Gasteiger partial charge in [0.1, 0.15) is 0 Å². The first-order chi connectivity index (χ1) is 28.6. The minimum Gasteiger partial charge on any atom is -0.422 e. The molecule has 3 aromatic heterocycles. The van der Waals surface area contributed by atoms with Crippen LogP contribution in [-0.4, -0.2) is 19.4 Å². The number of benzene rings is 7. The molecule has 1 saturated carbocycles. The number of nitrogens with zero attached hydrogens (tertiary/aromatic N) is 4. The minimum absolute atomic E-state index is 0.518. The zero-order valence-corrected chi connectivity index (χ0v) is 31.3. The highest BCUT2D eigenvalue weighted by Gasteiger charge is 2.28. The van der Waals surface area contributed by atoms with Crippen LogP contribution in [0.1, 0.15) is 38.5 Å². The number of imidazole rings is 1. The average Bonchev–Trinajstić information content (AvgIpc) is 4.01. The molecule has 1 aliphatic carbocycles. The van der Waals surface area contributed by atoms with Crippen LogP contribution in [0, 0.1) is 0 Å². The number of hydrogen-bond acceptors (Lipinski definition) is 4. The number of hydrogen-bond donors (Lipinski definition) is 0. The smallest absolute Gasteiger partial charge is 0.307 e. The molecule has 10 aromatic rings. The van der Waals surface area contributed by atoms with Crippen LogP contribution in [-0.2, 0) is 0 Å². The molecule has 0 N–H and O–H groups in total. The van der Waals surface area contributed by atoms with Crippen molar-refractivity contribution in [3.05, 3.63) is 182 Å². The molecular weight excluding hydrogens is 697 g/mol. The van der Waals surface area contributed by atoms with Gasteiger partial charge in [0.15, 0.2) is 11.4 Å². The molecule has 1 fully saturated rings. The van der Waals surface area contributed by atoms with Crippen LogP contribution in [0.2, 0.25) is 0 Å². The van der Waals surface area contributed by atoms with E-state index >= 15 is 0 Å². The highest BCUT2D eigenvalue weighted by Crippen LogP contribution is 2.50. The van der Waals surface area contributed by atoms with E-state index in [1.807, 2.05) is 30.6 Å². The summed E-state index contributed by atoms with van der Waals surface area (Å²) in [6.07, 6.45) is 7.50. The summed E-state index contributed by atoms with van der Waals surface area (Å²) in [7, 11) is 0.